The van der Waals surface area contributed by atoms with Crippen molar-refractivity contribution in [3.8, 4) is 0 Å². The van der Waals surface area contributed by atoms with Gasteiger partial charge in [-0.25, -0.2) is 17.5 Å². The van der Waals surface area contributed by atoms with E-state index in [2.05, 4.69) is 14.9 Å². The molecule has 1 fully saturated rings. The number of hydrogen-bond acceptors (Lipinski definition) is 5. The third-order valence-electron chi connectivity index (χ3n) is 5.02. The van der Waals surface area contributed by atoms with E-state index in [1.165, 1.54) is 0 Å². The number of amides is 1. The summed E-state index contributed by atoms with van der Waals surface area (Å²) in [6, 6.07) is 10.1. The number of hydrogen-bond donors (Lipinski definition) is 1. The van der Waals surface area contributed by atoms with Gasteiger partial charge in [-0.3, -0.25) is 9.20 Å². The molecular formula is C19H20FN5O3S. The number of carbonyl (C=O) groups excluding carboxylic acids is 1. The van der Waals surface area contributed by atoms with Crippen LogP contribution in [0.3, 0.4) is 0 Å². The van der Waals surface area contributed by atoms with E-state index in [1.807, 2.05) is 28.8 Å². The molecule has 29 heavy (non-hydrogen) atoms. The highest BCUT2D eigenvalue weighted by molar-refractivity contribution is 7.89. The van der Waals surface area contributed by atoms with E-state index >= 15 is 0 Å². The Hall–Kier alpha value is -2.85. The van der Waals surface area contributed by atoms with Gasteiger partial charge in [0.05, 0.1) is 11.4 Å². The number of fused-ring (bicyclic) bond motifs is 1. The number of carbonyl (C=O) groups is 1. The first-order valence-electron chi connectivity index (χ1n) is 9.27. The minimum atomic E-state index is -3.89. The van der Waals surface area contributed by atoms with E-state index in [0.29, 0.717) is 13.1 Å². The highest BCUT2D eigenvalue weighted by Gasteiger charge is 2.28. The lowest BCUT2D eigenvalue weighted by Crippen LogP contribution is -2.44. The van der Waals surface area contributed by atoms with Crippen LogP contribution in [0.5, 0.6) is 0 Å². The van der Waals surface area contributed by atoms with E-state index < -0.39 is 15.8 Å². The molecule has 1 atom stereocenters. The van der Waals surface area contributed by atoms with Gasteiger partial charge in [0.2, 0.25) is 15.9 Å². The van der Waals surface area contributed by atoms with Gasteiger partial charge in [0.25, 0.3) is 0 Å². The average Bonchev–Trinajstić information content (AvgIpc) is 3.17. The number of likely N-dealkylation sites (tertiary alicyclic amines) is 1. The van der Waals surface area contributed by atoms with Crippen molar-refractivity contribution >= 4 is 21.6 Å². The summed E-state index contributed by atoms with van der Waals surface area (Å²) in [4.78, 5) is 14.2. The monoisotopic (exact) mass is 417 g/mol. The smallest absolute Gasteiger partial charge is 0.241 e. The second-order valence-corrected chi connectivity index (χ2v) is 8.71. The minimum absolute atomic E-state index is 0.0267. The number of aromatic nitrogens is 3. The molecule has 1 N–H and O–H groups in total. The fourth-order valence-electron chi connectivity index (χ4n) is 3.52. The van der Waals surface area contributed by atoms with Crippen LogP contribution in [0.2, 0.25) is 0 Å². The second kappa shape index (κ2) is 7.88. The molecule has 1 aliphatic heterocycles. The van der Waals surface area contributed by atoms with E-state index in [9.17, 15) is 17.6 Å². The van der Waals surface area contributed by atoms with Gasteiger partial charge in [0, 0.05) is 25.2 Å². The summed E-state index contributed by atoms with van der Waals surface area (Å²) < 4.78 is 41.8. The van der Waals surface area contributed by atoms with Crippen LogP contribution in [-0.2, 0) is 14.8 Å². The summed E-state index contributed by atoms with van der Waals surface area (Å²) in [7, 11) is -3.89. The van der Waals surface area contributed by atoms with Crippen molar-refractivity contribution in [3.05, 3.63) is 60.3 Å². The van der Waals surface area contributed by atoms with Crippen molar-refractivity contribution in [2.45, 2.75) is 23.7 Å². The lowest BCUT2D eigenvalue weighted by atomic mass is 9.97. The van der Waals surface area contributed by atoms with Gasteiger partial charge in [0.15, 0.2) is 5.65 Å². The van der Waals surface area contributed by atoms with Crippen LogP contribution in [0.1, 0.15) is 24.6 Å². The maximum atomic E-state index is 13.0. The summed E-state index contributed by atoms with van der Waals surface area (Å²) in [5, 5.41) is 8.44. The Morgan fingerprint density at radius 2 is 1.97 bits per heavy atom. The normalized spacial score (nSPS) is 17.6. The standard InChI is InChI=1S/C19H20FN5O3S/c20-15-6-8-16(9-7-15)29(27,28)21-12-18(26)24-10-3-4-14(13-24)19-23-22-17-5-1-2-11-25(17)19/h1-2,5-9,11,14,21H,3-4,10,12-13H2/t14-/m0/s1. The van der Waals surface area contributed by atoms with Crippen LogP contribution < -0.4 is 4.72 Å². The zero-order valence-corrected chi connectivity index (χ0v) is 16.3. The van der Waals surface area contributed by atoms with Crippen molar-refractivity contribution in [2.24, 2.45) is 0 Å². The molecule has 1 aliphatic rings. The van der Waals surface area contributed by atoms with Gasteiger partial charge in [-0.15, -0.1) is 10.2 Å². The molecule has 1 aromatic carbocycles. The number of nitrogens with zero attached hydrogens (tertiary/aromatic N) is 4. The molecule has 3 heterocycles. The Balaban J connectivity index is 1.42. The second-order valence-electron chi connectivity index (χ2n) is 6.94. The van der Waals surface area contributed by atoms with E-state index in [4.69, 9.17) is 0 Å². The van der Waals surface area contributed by atoms with Crippen molar-refractivity contribution < 1.29 is 17.6 Å². The zero-order valence-electron chi connectivity index (χ0n) is 15.5. The predicted octanol–water partition coefficient (Wildman–Crippen LogP) is 1.55. The number of halogens is 1. The first kappa shape index (κ1) is 19.5. The summed E-state index contributed by atoms with van der Waals surface area (Å²) in [5.41, 5.74) is 0.748. The van der Waals surface area contributed by atoms with Gasteiger partial charge >= 0.3 is 0 Å². The lowest BCUT2D eigenvalue weighted by Gasteiger charge is -2.32. The maximum Gasteiger partial charge on any atom is 0.241 e. The van der Waals surface area contributed by atoms with Crippen LogP contribution in [0.25, 0.3) is 5.65 Å². The Labute approximate surface area is 167 Å². The Morgan fingerprint density at radius 1 is 1.17 bits per heavy atom. The van der Waals surface area contributed by atoms with Crippen LogP contribution >= 0.6 is 0 Å². The van der Waals surface area contributed by atoms with E-state index in [-0.39, 0.29) is 23.3 Å². The third-order valence-corrected chi connectivity index (χ3v) is 6.43. The summed E-state index contributed by atoms with van der Waals surface area (Å²) >= 11 is 0. The molecule has 152 valence electrons. The van der Waals surface area contributed by atoms with Crippen LogP contribution in [-0.4, -0.2) is 53.5 Å². The number of nitrogens with one attached hydrogen (secondary N) is 1. The van der Waals surface area contributed by atoms with Gasteiger partial charge in [-0.1, -0.05) is 6.07 Å². The van der Waals surface area contributed by atoms with Crippen molar-refractivity contribution in [1.29, 1.82) is 0 Å². The zero-order chi connectivity index (χ0) is 20.4. The Kier molecular flexibility index (Phi) is 5.29. The number of benzene rings is 1. The molecule has 3 aromatic rings. The molecule has 0 unspecified atom stereocenters. The van der Waals surface area contributed by atoms with Crippen molar-refractivity contribution in [2.75, 3.05) is 19.6 Å². The maximum absolute atomic E-state index is 13.0. The van der Waals surface area contributed by atoms with Crippen LogP contribution in [0, 0.1) is 5.82 Å². The van der Waals surface area contributed by atoms with Gasteiger partial charge in [-0.05, 0) is 49.2 Å². The quantitative estimate of drug-likeness (QED) is 0.680. The number of sulfonamides is 1. The molecule has 0 aliphatic carbocycles. The molecule has 0 spiro atoms. The van der Waals surface area contributed by atoms with Crippen molar-refractivity contribution in [3.63, 3.8) is 0 Å². The molecule has 8 nitrogen and oxygen atoms in total. The van der Waals surface area contributed by atoms with Crippen LogP contribution in [0.15, 0.2) is 53.6 Å². The van der Waals surface area contributed by atoms with E-state index in [0.717, 1.165) is 48.6 Å². The fourth-order valence-corrected chi connectivity index (χ4v) is 4.49. The molecule has 0 saturated carbocycles. The molecule has 1 saturated heterocycles. The Morgan fingerprint density at radius 3 is 2.76 bits per heavy atom. The minimum Gasteiger partial charge on any atom is -0.341 e. The SMILES string of the molecule is O=C(CNS(=O)(=O)c1ccc(F)cc1)N1CCC[C@H](c2nnc3ccccn23)C1. The third kappa shape index (κ3) is 4.13. The number of piperidine rings is 1. The average molecular weight is 417 g/mol. The van der Waals surface area contributed by atoms with Crippen LogP contribution in [0.4, 0.5) is 4.39 Å². The van der Waals surface area contributed by atoms with Gasteiger partial charge in [-0.2, -0.15) is 0 Å². The molecule has 10 heteroatoms. The summed E-state index contributed by atoms with van der Waals surface area (Å²) in [5.74, 6) is -0.0154. The first-order valence-corrected chi connectivity index (χ1v) is 10.7. The number of rotatable bonds is 5. The summed E-state index contributed by atoms with van der Waals surface area (Å²) in [6.07, 6.45) is 3.56. The lowest BCUT2D eigenvalue weighted by molar-refractivity contribution is -0.131. The molecule has 4 rings (SSSR count). The number of pyridine rings is 1. The van der Waals surface area contributed by atoms with Crippen molar-refractivity contribution in [1.82, 2.24) is 24.2 Å². The highest BCUT2D eigenvalue weighted by Crippen LogP contribution is 2.26. The largest absolute Gasteiger partial charge is 0.341 e. The fraction of sp³-hybridized carbons (Fsp3) is 0.316. The predicted molar refractivity (Wildman–Crippen MR) is 103 cm³/mol. The van der Waals surface area contributed by atoms with Gasteiger partial charge < -0.3 is 4.90 Å². The van der Waals surface area contributed by atoms with Gasteiger partial charge in [0.1, 0.15) is 11.6 Å². The topological polar surface area (TPSA) is 96.7 Å². The Bertz CT molecular complexity index is 1130. The molecule has 0 bridgehead atoms. The summed E-state index contributed by atoms with van der Waals surface area (Å²) in [6.45, 7) is 0.657. The molecule has 1 amide bonds. The molecule has 2 aromatic heterocycles. The van der Waals surface area contributed by atoms with E-state index in [1.54, 1.807) is 4.90 Å². The highest BCUT2D eigenvalue weighted by atomic mass is 32.2. The first-order chi connectivity index (χ1) is 13.9. The molecule has 0 radical (unpaired) electrons. The molecular weight excluding hydrogens is 397 g/mol.